The van der Waals surface area contributed by atoms with Crippen LogP contribution in [0.5, 0.6) is 28.7 Å². The first-order valence-electron chi connectivity index (χ1n) is 7.73. The summed E-state index contributed by atoms with van der Waals surface area (Å²) in [6.45, 7) is 3.82. The van der Waals surface area contributed by atoms with Crippen molar-refractivity contribution in [2.75, 3.05) is 5.73 Å². The van der Waals surface area contributed by atoms with Gasteiger partial charge in [0.25, 0.3) is 0 Å². The predicted molar refractivity (Wildman–Crippen MR) is 95.0 cm³/mol. The van der Waals surface area contributed by atoms with Crippen LogP contribution in [0.1, 0.15) is 11.1 Å². The van der Waals surface area contributed by atoms with Crippen LogP contribution in [0.25, 0.3) is 0 Å². The molecule has 0 atom stereocenters. The highest BCUT2D eigenvalue weighted by Crippen LogP contribution is 2.37. The van der Waals surface area contributed by atoms with Gasteiger partial charge in [0.05, 0.1) is 0 Å². The number of nitrogens with two attached hydrogens (primary N) is 1. The number of aryl methyl sites for hydroxylation is 2. The lowest BCUT2D eigenvalue weighted by molar-refractivity contribution is 0.404. The van der Waals surface area contributed by atoms with Crippen LogP contribution in [0, 0.1) is 19.7 Å². The summed E-state index contributed by atoms with van der Waals surface area (Å²) in [5.74, 6) is 1.44. The lowest BCUT2D eigenvalue weighted by Crippen LogP contribution is -1.95. The molecule has 25 heavy (non-hydrogen) atoms. The fourth-order valence-electron chi connectivity index (χ4n) is 2.53. The molecular weight excluding hydrogens is 321 g/mol. The minimum atomic E-state index is -0.358. The van der Waals surface area contributed by atoms with Crippen LogP contribution in [0.2, 0.25) is 0 Å². The molecule has 3 rings (SSSR count). The minimum absolute atomic E-state index is 0.0394. The van der Waals surface area contributed by atoms with Gasteiger partial charge >= 0.3 is 0 Å². The van der Waals surface area contributed by atoms with E-state index in [1.165, 1.54) is 30.3 Å². The minimum Gasteiger partial charge on any atom is -0.504 e. The van der Waals surface area contributed by atoms with Crippen molar-refractivity contribution in [3.8, 4) is 28.7 Å². The smallest absolute Gasteiger partial charge is 0.172 e. The molecule has 0 aliphatic rings. The molecule has 0 aliphatic heterocycles. The molecular formula is C20H18FNO3. The molecule has 0 spiro atoms. The summed E-state index contributed by atoms with van der Waals surface area (Å²) in [6.07, 6.45) is 0. The molecule has 3 N–H and O–H groups in total. The normalized spacial score (nSPS) is 10.5. The Bertz CT molecular complexity index is 884. The molecule has 5 heteroatoms. The summed E-state index contributed by atoms with van der Waals surface area (Å²) in [6, 6.07) is 13.9. The van der Waals surface area contributed by atoms with Crippen LogP contribution in [-0.2, 0) is 0 Å². The van der Waals surface area contributed by atoms with Crippen LogP contribution in [0.3, 0.4) is 0 Å². The molecule has 3 aromatic carbocycles. The maximum Gasteiger partial charge on any atom is 0.172 e. The van der Waals surface area contributed by atoms with Crippen molar-refractivity contribution in [2.45, 2.75) is 13.8 Å². The van der Waals surface area contributed by atoms with E-state index in [2.05, 4.69) is 0 Å². The first-order valence-corrected chi connectivity index (χ1v) is 7.73. The van der Waals surface area contributed by atoms with E-state index in [9.17, 15) is 9.50 Å². The number of anilines is 1. The van der Waals surface area contributed by atoms with Gasteiger partial charge in [0.2, 0.25) is 0 Å². The Balaban J connectivity index is 1.88. The van der Waals surface area contributed by atoms with Gasteiger partial charge in [-0.2, -0.15) is 0 Å². The monoisotopic (exact) mass is 339 g/mol. The van der Waals surface area contributed by atoms with E-state index in [0.717, 1.165) is 11.1 Å². The van der Waals surface area contributed by atoms with Crippen molar-refractivity contribution in [2.24, 2.45) is 0 Å². The number of halogens is 1. The molecule has 3 aromatic rings. The molecule has 0 saturated carbocycles. The van der Waals surface area contributed by atoms with Crippen molar-refractivity contribution in [3.05, 3.63) is 71.5 Å². The molecule has 0 saturated heterocycles. The van der Waals surface area contributed by atoms with Gasteiger partial charge in [0.15, 0.2) is 11.5 Å². The maximum absolute atomic E-state index is 13.0. The molecule has 0 aromatic heterocycles. The van der Waals surface area contributed by atoms with Gasteiger partial charge in [0, 0.05) is 11.8 Å². The van der Waals surface area contributed by atoms with Crippen molar-refractivity contribution in [1.29, 1.82) is 0 Å². The third-order valence-electron chi connectivity index (χ3n) is 3.68. The summed E-state index contributed by atoms with van der Waals surface area (Å²) in [5, 5.41) is 9.99. The van der Waals surface area contributed by atoms with Crippen molar-refractivity contribution in [3.63, 3.8) is 0 Å². The Morgan fingerprint density at radius 3 is 2.08 bits per heavy atom. The molecule has 0 aliphatic carbocycles. The Labute approximate surface area is 145 Å². The quantitative estimate of drug-likeness (QED) is 0.632. The van der Waals surface area contributed by atoms with E-state index < -0.39 is 0 Å². The third-order valence-corrected chi connectivity index (χ3v) is 3.68. The Kier molecular flexibility index (Phi) is 4.48. The zero-order valence-electron chi connectivity index (χ0n) is 13.9. The predicted octanol–water partition coefficient (Wildman–Crippen LogP) is 5.31. The standard InChI is InChI=1S/C20H18FNO3/c1-12-9-15(22)10-13(2)20(12)25-17-7-8-18(23)19(11-17)24-16-5-3-14(21)4-6-16/h3-11,23H,22H2,1-2H3. The van der Waals surface area contributed by atoms with Gasteiger partial charge < -0.3 is 20.3 Å². The van der Waals surface area contributed by atoms with E-state index in [1.807, 2.05) is 26.0 Å². The zero-order valence-corrected chi connectivity index (χ0v) is 13.9. The number of rotatable bonds is 4. The summed E-state index contributed by atoms with van der Waals surface area (Å²) in [4.78, 5) is 0. The number of hydrogen-bond donors (Lipinski definition) is 2. The number of hydrogen-bond acceptors (Lipinski definition) is 4. The van der Waals surface area contributed by atoms with Crippen molar-refractivity contribution < 1.29 is 19.0 Å². The summed E-state index contributed by atoms with van der Waals surface area (Å²) in [7, 11) is 0. The van der Waals surface area contributed by atoms with Crippen molar-refractivity contribution in [1.82, 2.24) is 0 Å². The van der Waals surface area contributed by atoms with Gasteiger partial charge in [-0.15, -0.1) is 0 Å². The lowest BCUT2D eigenvalue weighted by atomic mass is 10.1. The van der Waals surface area contributed by atoms with Gasteiger partial charge in [-0.3, -0.25) is 0 Å². The fourth-order valence-corrected chi connectivity index (χ4v) is 2.53. The SMILES string of the molecule is Cc1cc(N)cc(C)c1Oc1ccc(O)c(Oc2ccc(F)cc2)c1. The molecule has 4 nitrogen and oxygen atoms in total. The highest BCUT2D eigenvalue weighted by Gasteiger charge is 2.11. The number of aromatic hydroxyl groups is 1. The van der Waals surface area contributed by atoms with Crippen LogP contribution in [0.4, 0.5) is 10.1 Å². The van der Waals surface area contributed by atoms with Gasteiger partial charge in [-0.05, 0) is 73.5 Å². The number of phenolic OH excluding ortho intramolecular Hbond substituents is 1. The summed E-state index contributed by atoms with van der Waals surface area (Å²) >= 11 is 0. The molecule has 0 radical (unpaired) electrons. The second-order valence-electron chi connectivity index (χ2n) is 5.77. The first kappa shape index (κ1) is 16.6. The second kappa shape index (κ2) is 6.73. The maximum atomic E-state index is 13.0. The molecule has 128 valence electrons. The van der Waals surface area contributed by atoms with Crippen LogP contribution in [0.15, 0.2) is 54.6 Å². The Morgan fingerprint density at radius 1 is 0.840 bits per heavy atom. The van der Waals surface area contributed by atoms with E-state index >= 15 is 0 Å². The molecule has 0 unspecified atom stereocenters. The number of nitrogen functional groups attached to an aromatic ring is 1. The van der Waals surface area contributed by atoms with Crippen molar-refractivity contribution >= 4 is 5.69 Å². The average Bonchev–Trinajstić information content (AvgIpc) is 2.56. The first-order chi connectivity index (χ1) is 11.9. The van der Waals surface area contributed by atoms with Gasteiger partial charge in [-0.1, -0.05) is 0 Å². The Morgan fingerprint density at radius 2 is 1.44 bits per heavy atom. The Hall–Kier alpha value is -3.21. The zero-order chi connectivity index (χ0) is 18.0. The molecule has 0 bridgehead atoms. The number of benzene rings is 3. The van der Waals surface area contributed by atoms with Crippen LogP contribution < -0.4 is 15.2 Å². The van der Waals surface area contributed by atoms with E-state index in [1.54, 1.807) is 12.1 Å². The summed E-state index contributed by atoms with van der Waals surface area (Å²) < 4.78 is 24.5. The summed E-state index contributed by atoms with van der Waals surface area (Å²) in [5.41, 5.74) is 8.32. The van der Waals surface area contributed by atoms with Crippen LogP contribution >= 0.6 is 0 Å². The second-order valence-corrected chi connectivity index (χ2v) is 5.77. The lowest BCUT2D eigenvalue weighted by Gasteiger charge is -2.14. The third kappa shape index (κ3) is 3.83. The molecule has 0 fully saturated rings. The number of ether oxygens (including phenoxy) is 2. The topological polar surface area (TPSA) is 64.7 Å². The van der Waals surface area contributed by atoms with E-state index in [-0.39, 0.29) is 17.3 Å². The molecule has 0 amide bonds. The van der Waals surface area contributed by atoms with Crippen LogP contribution in [-0.4, -0.2) is 5.11 Å². The van der Waals surface area contributed by atoms with Gasteiger partial charge in [-0.25, -0.2) is 4.39 Å². The highest BCUT2D eigenvalue weighted by atomic mass is 19.1. The largest absolute Gasteiger partial charge is 0.504 e. The van der Waals surface area contributed by atoms with Gasteiger partial charge in [0.1, 0.15) is 23.1 Å². The average molecular weight is 339 g/mol. The molecule has 0 heterocycles. The highest BCUT2D eigenvalue weighted by molar-refractivity contribution is 5.54. The van der Waals surface area contributed by atoms with E-state index in [0.29, 0.717) is 22.9 Å². The number of phenols is 1. The fraction of sp³-hybridized carbons (Fsp3) is 0.100. The van der Waals surface area contributed by atoms with E-state index in [4.69, 9.17) is 15.2 Å².